The fraction of sp³-hybridized carbons (Fsp3) is 0.0667. The smallest absolute Gasteiger partial charge is 0.273 e. The summed E-state index contributed by atoms with van der Waals surface area (Å²) in [5.74, 6) is -1.33. The molecule has 2 aromatic rings. The molecule has 0 atom stereocenters. The van der Waals surface area contributed by atoms with E-state index in [1.165, 1.54) is 41.9 Å². The Morgan fingerprint density at radius 1 is 1.18 bits per heavy atom. The van der Waals surface area contributed by atoms with E-state index in [2.05, 4.69) is 10.3 Å². The van der Waals surface area contributed by atoms with Crippen LogP contribution in [-0.4, -0.2) is 22.8 Å². The van der Waals surface area contributed by atoms with Gasteiger partial charge in [-0.3, -0.25) is 19.9 Å². The zero-order chi connectivity index (χ0) is 15.7. The summed E-state index contributed by atoms with van der Waals surface area (Å²) in [5.41, 5.74) is 1.26. The van der Waals surface area contributed by atoms with Crippen molar-refractivity contribution in [3.8, 4) is 0 Å². The number of rotatable bonds is 2. The molecule has 1 aliphatic rings. The van der Waals surface area contributed by atoms with Crippen LogP contribution >= 0.6 is 11.3 Å². The number of aryl methyl sites for hydroxylation is 1. The third kappa shape index (κ3) is 2.42. The summed E-state index contributed by atoms with van der Waals surface area (Å²) in [5, 5.41) is 4.06. The number of barbiturate groups is 1. The molecule has 3 rings (SSSR count). The summed E-state index contributed by atoms with van der Waals surface area (Å²) in [7, 11) is 0. The molecule has 4 amide bonds. The SMILES string of the molecule is Cc1ccsc1/C=C1\C(=O)NC(=O)N(c2ccncc2)C1=O. The highest BCUT2D eigenvalue weighted by Crippen LogP contribution is 2.24. The number of hydrogen-bond acceptors (Lipinski definition) is 5. The number of nitrogens with one attached hydrogen (secondary N) is 1. The lowest BCUT2D eigenvalue weighted by molar-refractivity contribution is -0.122. The van der Waals surface area contributed by atoms with Crippen LogP contribution in [0.3, 0.4) is 0 Å². The van der Waals surface area contributed by atoms with Gasteiger partial charge in [0.1, 0.15) is 5.57 Å². The van der Waals surface area contributed by atoms with Crippen LogP contribution in [0, 0.1) is 6.92 Å². The van der Waals surface area contributed by atoms with Crippen molar-refractivity contribution in [1.82, 2.24) is 10.3 Å². The van der Waals surface area contributed by atoms with Gasteiger partial charge >= 0.3 is 6.03 Å². The fourth-order valence-corrected chi connectivity index (χ4v) is 2.91. The van der Waals surface area contributed by atoms with E-state index in [4.69, 9.17) is 0 Å². The second-order valence-electron chi connectivity index (χ2n) is 4.63. The molecule has 0 unspecified atom stereocenters. The molecule has 0 spiro atoms. The van der Waals surface area contributed by atoms with Crippen LogP contribution in [0.2, 0.25) is 0 Å². The van der Waals surface area contributed by atoms with Crippen molar-refractivity contribution in [1.29, 1.82) is 0 Å². The molecule has 0 bridgehead atoms. The summed E-state index contributed by atoms with van der Waals surface area (Å²) >= 11 is 1.42. The van der Waals surface area contributed by atoms with E-state index >= 15 is 0 Å². The van der Waals surface area contributed by atoms with Gasteiger partial charge in [0.25, 0.3) is 11.8 Å². The molecule has 6 nitrogen and oxygen atoms in total. The molecule has 1 saturated heterocycles. The van der Waals surface area contributed by atoms with E-state index in [0.717, 1.165) is 15.3 Å². The van der Waals surface area contributed by atoms with Gasteiger partial charge in [-0.25, -0.2) is 9.69 Å². The van der Waals surface area contributed by atoms with Gasteiger partial charge in [-0.15, -0.1) is 11.3 Å². The topological polar surface area (TPSA) is 79.4 Å². The normalized spacial score (nSPS) is 17.0. The Kier molecular flexibility index (Phi) is 3.56. The Labute approximate surface area is 130 Å². The second kappa shape index (κ2) is 5.53. The minimum atomic E-state index is -0.763. The number of carbonyl (C=O) groups is 3. The molecule has 3 heterocycles. The molecular formula is C15H11N3O3S. The average Bonchev–Trinajstić information content (AvgIpc) is 2.89. The lowest BCUT2D eigenvalue weighted by atomic mass is 10.1. The van der Waals surface area contributed by atoms with Gasteiger partial charge in [0.05, 0.1) is 5.69 Å². The van der Waals surface area contributed by atoms with E-state index in [-0.39, 0.29) is 5.57 Å². The minimum Gasteiger partial charge on any atom is -0.273 e. The fourth-order valence-electron chi connectivity index (χ4n) is 2.05. The number of thiophene rings is 1. The largest absolute Gasteiger partial charge is 0.335 e. The predicted molar refractivity (Wildman–Crippen MR) is 82.3 cm³/mol. The maximum absolute atomic E-state index is 12.5. The van der Waals surface area contributed by atoms with E-state index < -0.39 is 17.8 Å². The minimum absolute atomic E-state index is 0.0676. The van der Waals surface area contributed by atoms with E-state index in [1.807, 2.05) is 18.4 Å². The molecule has 110 valence electrons. The Balaban J connectivity index is 2.03. The number of hydrogen-bond donors (Lipinski definition) is 1. The molecule has 0 aliphatic carbocycles. The molecular weight excluding hydrogens is 302 g/mol. The van der Waals surface area contributed by atoms with Crippen molar-refractivity contribution in [3.05, 3.63) is 52.0 Å². The Morgan fingerprint density at radius 3 is 2.55 bits per heavy atom. The summed E-state index contributed by atoms with van der Waals surface area (Å²) in [6.07, 6.45) is 4.45. The first-order valence-electron chi connectivity index (χ1n) is 6.43. The van der Waals surface area contributed by atoms with Gasteiger partial charge in [-0.05, 0) is 42.1 Å². The number of imide groups is 2. The second-order valence-corrected chi connectivity index (χ2v) is 5.58. The number of anilines is 1. The zero-order valence-corrected chi connectivity index (χ0v) is 12.4. The summed E-state index contributed by atoms with van der Waals surface area (Å²) in [4.78, 5) is 42.1. The predicted octanol–water partition coefficient (Wildman–Crippen LogP) is 2.12. The first kappa shape index (κ1) is 14.2. The van der Waals surface area contributed by atoms with Crippen molar-refractivity contribution < 1.29 is 14.4 Å². The molecule has 22 heavy (non-hydrogen) atoms. The quantitative estimate of drug-likeness (QED) is 0.680. The summed E-state index contributed by atoms with van der Waals surface area (Å²) in [6, 6.07) is 4.19. The molecule has 0 saturated carbocycles. The molecule has 7 heteroatoms. The maximum Gasteiger partial charge on any atom is 0.335 e. The van der Waals surface area contributed by atoms with E-state index in [9.17, 15) is 14.4 Å². The first-order valence-corrected chi connectivity index (χ1v) is 7.31. The van der Waals surface area contributed by atoms with Gasteiger partial charge in [-0.1, -0.05) is 0 Å². The molecule has 2 aromatic heterocycles. The number of pyridine rings is 1. The van der Waals surface area contributed by atoms with Gasteiger partial charge in [0, 0.05) is 17.3 Å². The molecule has 0 radical (unpaired) electrons. The van der Waals surface area contributed by atoms with Crippen molar-refractivity contribution in [2.24, 2.45) is 0 Å². The monoisotopic (exact) mass is 313 g/mol. The highest BCUT2D eigenvalue weighted by molar-refractivity contribution is 7.11. The number of urea groups is 1. The van der Waals surface area contributed by atoms with Gasteiger partial charge < -0.3 is 0 Å². The highest BCUT2D eigenvalue weighted by Gasteiger charge is 2.36. The zero-order valence-electron chi connectivity index (χ0n) is 11.6. The Bertz CT molecular complexity index is 795. The Hall–Kier alpha value is -2.80. The number of nitrogens with zero attached hydrogens (tertiary/aromatic N) is 2. The van der Waals surface area contributed by atoms with Crippen LogP contribution in [-0.2, 0) is 9.59 Å². The van der Waals surface area contributed by atoms with Crippen molar-refractivity contribution in [2.45, 2.75) is 6.92 Å². The average molecular weight is 313 g/mol. The van der Waals surface area contributed by atoms with Gasteiger partial charge in [-0.2, -0.15) is 0 Å². The van der Waals surface area contributed by atoms with Gasteiger partial charge in [0.2, 0.25) is 0 Å². The lowest BCUT2D eigenvalue weighted by Gasteiger charge is -2.26. The van der Waals surface area contributed by atoms with E-state index in [1.54, 1.807) is 0 Å². The van der Waals surface area contributed by atoms with Crippen molar-refractivity contribution in [2.75, 3.05) is 4.90 Å². The van der Waals surface area contributed by atoms with Crippen LogP contribution < -0.4 is 10.2 Å². The highest BCUT2D eigenvalue weighted by atomic mass is 32.1. The van der Waals surface area contributed by atoms with E-state index in [0.29, 0.717) is 5.69 Å². The summed E-state index contributed by atoms with van der Waals surface area (Å²) < 4.78 is 0. The molecule has 1 N–H and O–H groups in total. The van der Waals surface area contributed by atoms with Crippen LogP contribution in [0.1, 0.15) is 10.4 Å². The standard InChI is InChI=1S/C15H11N3O3S/c1-9-4-7-22-12(9)8-11-13(19)17-15(21)18(14(11)20)10-2-5-16-6-3-10/h2-8H,1H3,(H,17,19,21)/b11-8+. The molecule has 0 aromatic carbocycles. The lowest BCUT2D eigenvalue weighted by Crippen LogP contribution is -2.54. The third-order valence-electron chi connectivity index (χ3n) is 3.20. The van der Waals surface area contributed by atoms with Gasteiger partial charge in [0.15, 0.2) is 0 Å². The van der Waals surface area contributed by atoms with Crippen LogP contribution in [0.4, 0.5) is 10.5 Å². The number of amides is 4. The van der Waals surface area contributed by atoms with Crippen LogP contribution in [0.5, 0.6) is 0 Å². The third-order valence-corrected chi connectivity index (χ3v) is 4.17. The maximum atomic E-state index is 12.5. The van der Waals surface area contributed by atoms with Crippen molar-refractivity contribution >= 4 is 40.9 Å². The number of carbonyl (C=O) groups excluding carboxylic acids is 3. The van der Waals surface area contributed by atoms with Crippen LogP contribution in [0.15, 0.2) is 41.5 Å². The van der Waals surface area contributed by atoms with Crippen LogP contribution in [0.25, 0.3) is 6.08 Å². The Morgan fingerprint density at radius 2 is 1.91 bits per heavy atom. The first-order chi connectivity index (χ1) is 10.6. The number of aromatic nitrogens is 1. The van der Waals surface area contributed by atoms with Crippen molar-refractivity contribution in [3.63, 3.8) is 0 Å². The molecule has 1 fully saturated rings. The molecule has 1 aliphatic heterocycles. The summed E-state index contributed by atoms with van der Waals surface area (Å²) in [6.45, 7) is 1.89.